The van der Waals surface area contributed by atoms with E-state index in [-0.39, 0.29) is 18.7 Å². The topological polar surface area (TPSA) is 73.3 Å². The smallest absolute Gasteiger partial charge is 0.329 e. The van der Waals surface area contributed by atoms with Crippen LogP contribution in [0.15, 0.2) is 0 Å². The first-order valence-corrected chi connectivity index (χ1v) is 7.40. The van der Waals surface area contributed by atoms with Crippen molar-refractivity contribution in [1.29, 1.82) is 0 Å². The second kappa shape index (κ2) is 6.19. The minimum Gasteiger partial charge on any atom is -0.480 e. The van der Waals surface area contributed by atoms with Gasteiger partial charge in [-0.3, -0.25) is 0 Å². The Morgan fingerprint density at radius 3 is 2.62 bits per heavy atom. The summed E-state index contributed by atoms with van der Waals surface area (Å²) in [6, 6.07) is 0.228. The number of likely N-dealkylation sites (N-methyl/N-ethyl adjacent to an activating group) is 1. The van der Waals surface area contributed by atoms with Crippen LogP contribution in [0.4, 0.5) is 4.79 Å². The summed E-state index contributed by atoms with van der Waals surface area (Å²) in [5.74, 6) is -0.981. The summed E-state index contributed by atoms with van der Waals surface area (Å²) in [6.45, 7) is 7.17. The average molecular weight is 299 g/mol. The summed E-state index contributed by atoms with van der Waals surface area (Å²) < 4.78 is 5.34. The molecule has 0 aromatic rings. The Labute approximate surface area is 125 Å². The van der Waals surface area contributed by atoms with Crippen LogP contribution < -0.4 is 0 Å². The van der Waals surface area contributed by atoms with Crippen LogP contribution in [0.1, 0.15) is 20.3 Å². The monoisotopic (exact) mass is 299 g/mol. The largest absolute Gasteiger partial charge is 0.480 e. The number of rotatable bonds is 3. The predicted molar refractivity (Wildman–Crippen MR) is 77.2 cm³/mol. The lowest BCUT2D eigenvalue weighted by atomic mass is 9.97. The molecule has 0 aromatic heterocycles. The number of carboxylic acids is 1. The highest BCUT2D eigenvalue weighted by atomic mass is 16.5. The molecular formula is C14H25N3O4. The third kappa shape index (κ3) is 3.85. The van der Waals surface area contributed by atoms with Gasteiger partial charge in [-0.25, -0.2) is 9.59 Å². The number of urea groups is 1. The van der Waals surface area contributed by atoms with Crippen LogP contribution in [-0.2, 0) is 9.53 Å². The van der Waals surface area contributed by atoms with Gasteiger partial charge in [0.25, 0.3) is 0 Å². The zero-order valence-electron chi connectivity index (χ0n) is 13.0. The van der Waals surface area contributed by atoms with Crippen LogP contribution in [0.5, 0.6) is 0 Å². The number of likely N-dealkylation sites (tertiary alicyclic amines) is 1. The number of carbonyl (C=O) groups is 2. The van der Waals surface area contributed by atoms with Crippen LogP contribution in [-0.4, -0.2) is 89.8 Å². The lowest BCUT2D eigenvalue weighted by Gasteiger charge is -2.49. The number of ether oxygens (including phenoxy) is 1. The summed E-state index contributed by atoms with van der Waals surface area (Å²) in [5.41, 5.74) is -0.528. The molecule has 1 unspecified atom stereocenters. The second-order valence-corrected chi connectivity index (χ2v) is 6.43. The number of nitrogens with zero attached hydrogens (tertiary/aromatic N) is 3. The van der Waals surface area contributed by atoms with Crippen molar-refractivity contribution in [1.82, 2.24) is 14.7 Å². The highest BCUT2D eigenvalue weighted by molar-refractivity contribution is 5.76. The molecule has 1 atom stereocenters. The normalized spacial score (nSPS) is 26.1. The lowest BCUT2D eigenvalue weighted by Crippen LogP contribution is -2.66. The van der Waals surface area contributed by atoms with E-state index >= 15 is 0 Å². The van der Waals surface area contributed by atoms with E-state index in [1.165, 1.54) is 0 Å². The molecule has 7 nitrogen and oxygen atoms in total. The minimum absolute atomic E-state index is 0.0363. The van der Waals surface area contributed by atoms with Gasteiger partial charge in [0.2, 0.25) is 0 Å². The van der Waals surface area contributed by atoms with Gasteiger partial charge in [0.15, 0.2) is 0 Å². The maximum atomic E-state index is 12.5. The van der Waals surface area contributed by atoms with E-state index in [1.807, 2.05) is 11.8 Å². The van der Waals surface area contributed by atoms with Gasteiger partial charge < -0.3 is 24.5 Å². The van der Waals surface area contributed by atoms with Crippen LogP contribution in [0, 0.1) is 0 Å². The van der Waals surface area contributed by atoms with Crippen molar-refractivity contribution in [2.24, 2.45) is 0 Å². The Hall–Kier alpha value is -1.34. The molecule has 2 fully saturated rings. The van der Waals surface area contributed by atoms with E-state index in [1.54, 1.807) is 4.90 Å². The third-order valence-electron chi connectivity index (χ3n) is 4.16. The summed E-state index contributed by atoms with van der Waals surface area (Å²) in [5, 5.41) is 8.65. The highest BCUT2D eigenvalue weighted by Gasteiger charge is 2.44. The lowest BCUT2D eigenvalue weighted by molar-refractivity contribution is -0.160. The number of carboxylic acid groups (broad SMARTS) is 1. The van der Waals surface area contributed by atoms with Gasteiger partial charge in [-0.05, 0) is 33.9 Å². The quantitative estimate of drug-likeness (QED) is 0.812. The molecule has 7 heteroatoms. The molecule has 0 aromatic carbocycles. The molecule has 1 N–H and O–H groups in total. The molecule has 2 aliphatic rings. The first-order valence-electron chi connectivity index (χ1n) is 7.40. The van der Waals surface area contributed by atoms with Gasteiger partial charge in [-0.1, -0.05) is 0 Å². The fourth-order valence-electron chi connectivity index (χ4n) is 3.06. The van der Waals surface area contributed by atoms with Crippen LogP contribution >= 0.6 is 0 Å². The number of hydrogen-bond donors (Lipinski definition) is 1. The Morgan fingerprint density at radius 1 is 1.33 bits per heavy atom. The summed E-state index contributed by atoms with van der Waals surface area (Å²) in [7, 11) is 2.07. The summed E-state index contributed by atoms with van der Waals surface area (Å²) >= 11 is 0. The molecular weight excluding hydrogens is 274 g/mol. The fraction of sp³-hybridized carbons (Fsp3) is 0.857. The Morgan fingerprint density at radius 2 is 2.00 bits per heavy atom. The molecule has 2 rings (SSSR count). The Balaban J connectivity index is 1.86. The number of amides is 2. The van der Waals surface area contributed by atoms with Gasteiger partial charge in [0, 0.05) is 19.1 Å². The standard InChI is InChI=1S/C14H25N3O4/c1-11-7-15(3)5-4-6-17(11)13(20)16-9-14(2,10-16)21-8-12(18)19/h11H,4-10H2,1-3H3,(H,18,19). The first-order chi connectivity index (χ1) is 9.81. The van der Waals surface area contributed by atoms with Gasteiger partial charge in [-0.2, -0.15) is 0 Å². The van der Waals surface area contributed by atoms with Crippen molar-refractivity contribution in [3.05, 3.63) is 0 Å². The van der Waals surface area contributed by atoms with Crippen LogP contribution in [0.3, 0.4) is 0 Å². The highest BCUT2D eigenvalue weighted by Crippen LogP contribution is 2.26. The van der Waals surface area contributed by atoms with Crippen LogP contribution in [0.25, 0.3) is 0 Å². The maximum Gasteiger partial charge on any atom is 0.329 e. The molecule has 0 aliphatic carbocycles. The van der Waals surface area contributed by atoms with Crippen molar-refractivity contribution >= 4 is 12.0 Å². The summed E-state index contributed by atoms with van der Waals surface area (Å²) in [4.78, 5) is 29.0. The van der Waals surface area contributed by atoms with Gasteiger partial charge in [-0.15, -0.1) is 0 Å². The minimum atomic E-state index is -0.981. The first kappa shape index (κ1) is 16.0. The van der Waals surface area contributed by atoms with E-state index in [0.29, 0.717) is 13.1 Å². The van der Waals surface area contributed by atoms with E-state index < -0.39 is 11.6 Å². The van der Waals surface area contributed by atoms with Gasteiger partial charge in [0.1, 0.15) is 12.2 Å². The molecule has 2 aliphatic heterocycles. The average Bonchev–Trinajstić information content (AvgIpc) is 2.53. The molecule has 0 bridgehead atoms. The molecule has 2 amide bonds. The number of carbonyl (C=O) groups excluding carboxylic acids is 1. The van der Waals surface area contributed by atoms with Gasteiger partial charge in [0.05, 0.1) is 13.1 Å². The van der Waals surface area contributed by atoms with Crippen molar-refractivity contribution in [2.45, 2.75) is 31.9 Å². The Kier molecular flexibility index (Phi) is 4.73. The maximum absolute atomic E-state index is 12.5. The SMILES string of the molecule is CC1CN(C)CCCN1C(=O)N1CC(C)(OCC(=O)O)C1. The molecule has 120 valence electrons. The third-order valence-corrected chi connectivity index (χ3v) is 4.16. The van der Waals surface area contributed by atoms with E-state index in [4.69, 9.17) is 9.84 Å². The van der Waals surface area contributed by atoms with E-state index in [9.17, 15) is 9.59 Å². The Bertz CT molecular complexity index is 409. The zero-order chi connectivity index (χ0) is 15.6. The predicted octanol–water partition coefficient (Wildman–Crippen LogP) is 0.308. The van der Waals surface area contributed by atoms with Crippen molar-refractivity contribution in [3.63, 3.8) is 0 Å². The molecule has 0 radical (unpaired) electrons. The number of aliphatic carboxylic acids is 1. The van der Waals surface area contributed by atoms with Crippen LogP contribution in [0.2, 0.25) is 0 Å². The van der Waals surface area contributed by atoms with Gasteiger partial charge >= 0.3 is 12.0 Å². The second-order valence-electron chi connectivity index (χ2n) is 6.43. The zero-order valence-corrected chi connectivity index (χ0v) is 13.0. The molecule has 2 saturated heterocycles. The van der Waals surface area contributed by atoms with E-state index in [2.05, 4.69) is 18.9 Å². The van der Waals surface area contributed by atoms with Crippen molar-refractivity contribution < 1.29 is 19.4 Å². The van der Waals surface area contributed by atoms with Crippen molar-refractivity contribution in [2.75, 3.05) is 46.4 Å². The summed E-state index contributed by atoms with van der Waals surface area (Å²) in [6.07, 6.45) is 0.979. The molecule has 21 heavy (non-hydrogen) atoms. The molecule has 2 heterocycles. The van der Waals surface area contributed by atoms with E-state index in [0.717, 1.165) is 26.1 Å². The molecule has 0 spiro atoms. The molecule has 0 saturated carbocycles. The van der Waals surface area contributed by atoms with Crippen molar-refractivity contribution in [3.8, 4) is 0 Å². The number of hydrogen-bond acceptors (Lipinski definition) is 4. The fourth-order valence-corrected chi connectivity index (χ4v) is 3.06.